The molecule has 6 heteroatoms. The summed E-state index contributed by atoms with van der Waals surface area (Å²) in [6.45, 7) is 4.08. The standard InChI is InChI=1S/C14H12BrNO4/c1-3-18-14(17)9-4-8-5-10-13(20-6-19-10)11(15)12(8)16-7(9)2/h4-5H,3,6H2,1-2H3. The summed E-state index contributed by atoms with van der Waals surface area (Å²) in [5.74, 6) is 0.923. The number of halogens is 1. The van der Waals surface area contributed by atoms with E-state index in [0.29, 0.717) is 29.4 Å². The molecule has 2 aromatic rings. The van der Waals surface area contributed by atoms with Crippen molar-refractivity contribution in [3.05, 3.63) is 27.9 Å². The second-order valence-electron chi connectivity index (χ2n) is 4.34. The van der Waals surface area contributed by atoms with E-state index in [0.717, 1.165) is 15.4 Å². The second-order valence-corrected chi connectivity index (χ2v) is 5.13. The summed E-state index contributed by atoms with van der Waals surface area (Å²) in [4.78, 5) is 16.4. The summed E-state index contributed by atoms with van der Waals surface area (Å²) in [5, 5.41) is 0.801. The summed E-state index contributed by atoms with van der Waals surface area (Å²) < 4.78 is 16.5. The molecule has 1 aliphatic rings. The van der Waals surface area contributed by atoms with Crippen LogP contribution in [0.2, 0.25) is 0 Å². The van der Waals surface area contributed by atoms with E-state index in [2.05, 4.69) is 20.9 Å². The smallest absolute Gasteiger partial charge is 0.339 e. The van der Waals surface area contributed by atoms with Gasteiger partial charge in [-0.25, -0.2) is 4.79 Å². The van der Waals surface area contributed by atoms with Crippen LogP contribution in [0.15, 0.2) is 16.6 Å². The highest BCUT2D eigenvalue weighted by Crippen LogP contribution is 2.43. The highest BCUT2D eigenvalue weighted by molar-refractivity contribution is 9.10. The fourth-order valence-corrected chi connectivity index (χ4v) is 2.77. The van der Waals surface area contributed by atoms with E-state index in [-0.39, 0.29) is 12.8 Å². The predicted octanol–water partition coefficient (Wildman–Crippen LogP) is 3.21. The zero-order valence-corrected chi connectivity index (χ0v) is 12.6. The first-order valence-corrected chi connectivity index (χ1v) is 6.97. The van der Waals surface area contributed by atoms with Gasteiger partial charge in [-0.3, -0.25) is 4.98 Å². The quantitative estimate of drug-likeness (QED) is 0.787. The largest absolute Gasteiger partial charge is 0.462 e. The summed E-state index contributed by atoms with van der Waals surface area (Å²) in [5.41, 5.74) is 1.82. The Hall–Kier alpha value is -1.82. The number of pyridine rings is 1. The van der Waals surface area contributed by atoms with Crippen molar-refractivity contribution in [3.8, 4) is 11.5 Å². The molecule has 1 aromatic carbocycles. The fraction of sp³-hybridized carbons (Fsp3) is 0.286. The normalized spacial score (nSPS) is 12.8. The Morgan fingerprint density at radius 1 is 1.45 bits per heavy atom. The maximum absolute atomic E-state index is 11.9. The third-order valence-electron chi connectivity index (χ3n) is 3.07. The van der Waals surface area contributed by atoms with E-state index >= 15 is 0 Å². The molecule has 0 saturated heterocycles. The average molecular weight is 338 g/mol. The lowest BCUT2D eigenvalue weighted by Crippen LogP contribution is -2.08. The van der Waals surface area contributed by atoms with Gasteiger partial charge in [-0.2, -0.15) is 0 Å². The zero-order chi connectivity index (χ0) is 14.3. The molecule has 104 valence electrons. The van der Waals surface area contributed by atoms with Crippen LogP contribution in [0.25, 0.3) is 10.9 Å². The van der Waals surface area contributed by atoms with Crippen LogP contribution < -0.4 is 9.47 Å². The van der Waals surface area contributed by atoms with Gasteiger partial charge in [-0.05, 0) is 41.9 Å². The van der Waals surface area contributed by atoms with E-state index in [1.165, 1.54) is 0 Å². The Morgan fingerprint density at radius 2 is 2.25 bits per heavy atom. The Balaban J connectivity index is 2.21. The number of hydrogen-bond acceptors (Lipinski definition) is 5. The lowest BCUT2D eigenvalue weighted by atomic mass is 10.1. The summed E-state index contributed by atoms with van der Waals surface area (Å²) in [6.07, 6.45) is 0. The van der Waals surface area contributed by atoms with Crippen molar-refractivity contribution < 1.29 is 19.0 Å². The van der Waals surface area contributed by atoms with Crippen LogP contribution in [0, 0.1) is 6.92 Å². The molecule has 0 N–H and O–H groups in total. The van der Waals surface area contributed by atoms with Crippen LogP contribution in [-0.2, 0) is 4.74 Å². The van der Waals surface area contributed by atoms with Crippen LogP contribution in [0.1, 0.15) is 23.0 Å². The molecule has 0 radical (unpaired) electrons. The first-order chi connectivity index (χ1) is 9.61. The first-order valence-electron chi connectivity index (χ1n) is 6.18. The molecule has 0 bridgehead atoms. The number of aromatic nitrogens is 1. The Bertz CT molecular complexity index is 714. The van der Waals surface area contributed by atoms with Crippen molar-refractivity contribution in [2.45, 2.75) is 13.8 Å². The number of rotatable bonds is 2. The molecule has 2 heterocycles. The number of nitrogens with zero attached hydrogens (tertiary/aromatic N) is 1. The lowest BCUT2D eigenvalue weighted by molar-refractivity contribution is 0.0525. The number of benzene rings is 1. The fourth-order valence-electron chi connectivity index (χ4n) is 2.14. The molecule has 1 aliphatic heterocycles. The Kier molecular flexibility index (Phi) is 3.25. The first kappa shape index (κ1) is 13.2. The maximum Gasteiger partial charge on any atom is 0.339 e. The molecule has 0 fully saturated rings. The molecule has 5 nitrogen and oxygen atoms in total. The Morgan fingerprint density at radius 3 is 3.00 bits per heavy atom. The van der Waals surface area contributed by atoms with Crippen molar-refractivity contribution in [2.75, 3.05) is 13.4 Å². The minimum absolute atomic E-state index is 0.188. The van der Waals surface area contributed by atoms with Gasteiger partial charge in [0.15, 0.2) is 11.5 Å². The molecule has 0 amide bonds. The van der Waals surface area contributed by atoms with Gasteiger partial charge >= 0.3 is 5.97 Å². The number of hydrogen-bond donors (Lipinski definition) is 0. The molecule has 20 heavy (non-hydrogen) atoms. The molecule has 3 rings (SSSR count). The maximum atomic E-state index is 11.9. The molecule has 0 saturated carbocycles. The number of ether oxygens (including phenoxy) is 3. The second kappa shape index (κ2) is 4.94. The molecule has 0 atom stereocenters. The monoisotopic (exact) mass is 337 g/mol. The topological polar surface area (TPSA) is 57.7 Å². The van der Waals surface area contributed by atoms with E-state index in [1.807, 2.05) is 6.07 Å². The van der Waals surface area contributed by atoms with Crippen molar-refractivity contribution in [2.24, 2.45) is 0 Å². The van der Waals surface area contributed by atoms with E-state index in [1.54, 1.807) is 19.9 Å². The van der Waals surface area contributed by atoms with E-state index < -0.39 is 0 Å². The van der Waals surface area contributed by atoms with Crippen molar-refractivity contribution in [1.29, 1.82) is 0 Å². The van der Waals surface area contributed by atoms with Gasteiger partial charge in [-0.15, -0.1) is 0 Å². The van der Waals surface area contributed by atoms with Crippen molar-refractivity contribution in [3.63, 3.8) is 0 Å². The van der Waals surface area contributed by atoms with Gasteiger partial charge in [0.25, 0.3) is 0 Å². The van der Waals surface area contributed by atoms with Crippen molar-refractivity contribution in [1.82, 2.24) is 4.98 Å². The predicted molar refractivity (Wildman–Crippen MR) is 76.3 cm³/mol. The third-order valence-corrected chi connectivity index (χ3v) is 3.81. The zero-order valence-electron chi connectivity index (χ0n) is 11.0. The van der Waals surface area contributed by atoms with E-state index in [4.69, 9.17) is 14.2 Å². The van der Waals surface area contributed by atoms with E-state index in [9.17, 15) is 4.79 Å². The molecule has 1 aromatic heterocycles. The molecule has 0 aliphatic carbocycles. The SMILES string of the molecule is CCOC(=O)c1cc2cc3c(c(Br)c2nc1C)OCO3. The molecule has 0 spiro atoms. The number of fused-ring (bicyclic) bond motifs is 2. The van der Waals surface area contributed by atoms with Gasteiger partial charge in [0.1, 0.15) is 0 Å². The average Bonchev–Trinajstić information content (AvgIpc) is 2.88. The minimum atomic E-state index is -0.367. The Labute approximate surface area is 124 Å². The minimum Gasteiger partial charge on any atom is -0.462 e. The molecular formula is C14H12BrNO4. The summed E-state index contributed by atoms with van der Waals surface area (Å²) in [7, 11) is 0. The highest BCUT2D eigenvalue weighted by atomic mass is 79.9. The number of aryl methyl sites for hydroxylation is 1. The van der Waals surface area contributed by atoms with Crippen LogP contribution in [0.5, 0.6) is 11.5 Å². The van der Waals surface area contributed by atoms with Gasteiger partial charge < -0.3 is 14.2 Å². The summed E-state index contributed by atoms with van der Waals surface area (Å²) in [6, 6.07) is 3.58. The van der Waals surface area contributed by atoms with Crippen LogP contribution in [0.3, 0.4) is 0 Å². The number of carbonyl (C=O) groups excluding carboxylic acids is 1. The van der Waals surface area contributed by atoms with Crippen LogP contribution in [0.4, 0.5) is 0 Å². The number of carbonyl (C=O) groups is 1. The van der Waals surface area contributed by atoms with Crippen LogP contribution >= 0.6 is 15.9 Å². The molecule has 0 unspecified atom stereocenters. The van der Waals surface area contributed by atoms with Crippen molar-refractivity contribution >= 4 is 32.8 Å². The van der Waals surface area contributed by atoms with Gasteiger partial charge in [0.05, 0.1) is 27.9 Å². The van der Waals surface area contributed by atoms with Gasteiger partial charge in [0, 0.05) is 5.39 Å². The highest BCUT2D eigenvalue weighted by Gasteiger charge is 2.22. The lowest BCUT2D eigenvalue weighted by Gasteiger charge is -2.09. The van der Waals surface area contributed by atoms with Gasteiger partial charge in [0.2, 0.25) is 6.79 Å². The third kappa shape index (κ3) is 2.00. The molecular weight excluding hydrogens is 326 g/mol. The van der Waals surface area contributed by atoms with Gasteiger partial charge in [-0.1, -0.05) is 0 Å². The summed E-state index contributed by atoms with van der Waals surface area (Å²) >= 11 is 3.48. The number of esters is 1. The van der Waals surface area contributed by atoms with Crippen LogP contribution in [-0.4, -0.2) is 24.4 Å².